The number of ether oxygens (including phenoxy) is 1. The number of hydrogen-bond acceptors (Lipinski definition) is 4. The molecular formula is C20H22N2O5. The van der Waals surface area contributed by atoms with E-state index in [0.717, 1.165) is 0 Å². The van der Waals surface area contributed by atoms with Gasteiger partial charge < -0.3 is 20.1 Å². The molecule has 0 radical (unpaired) electrons. The van der Waals surface area contributed by atoms with E-state index in [1.54, 1.807) is 45.2 Å². The number of carbonyl (C=O) groups excluding carboxylic acids is 2. The van der Waals surface area contributed by atoms with Gasteiger partial charge in [-0.25, -0.2) is 4.79 Å². The molecule has 0 aliphatic heterocycles. The van der Waals surface area contributed by atoms with Crippen molar-refractivity contribution in [2.75, 3.05) is 25.5 Å². The Hall–Kier alpha value is -3.35. The lowest BCUT2D eigenvalue weighted by Crippen LogP contribution is -2.35. The van der Waals surface area contributed by atoms with Gasteiger partial charge in [0.1, 0.15) is 5.75 Å². The second-order valence-electron chi connectivity index (χ2n) is 6.20. The highest BCUT2D eigenvalue weighted by Gasteiger charge is 2.18. The van der Waals surface area contributed by atoms with E-state index >= 15 is 0 Å². The van der Waals surface area contributed by atoms with Crippen molar-refractivity contribution in [2.24, 2.45) is 0 Å². The predicted octanol–water partition coefficient (Wildman–Crippen LogP) is 2.48. The van der Waals surface area contributed by atoms with E-state index in [2.05, 4.69) is 5.32 Å². The van der Waals surface area contributed by atoms with Crippen molar-refractivity contribution in [2.45, 2.75) is 13.8 Å². The number of carboxylic acid groups (broad SMARTS) is 1. The van der Waals surface area contributed by atoms with Crippen LogP contribution in [0.3, 0.4) is 0 Å². The number of hydrogen-bond donors (Lipinski definition) is 2. The van der Waals surface area contributed by atoms with Crippen LogP contribution >= 0.6 is 0 Å². The molecule has 2 amide bonds. The van der Waals surface area contributed by atoms with Crippen LogP contribution in [-0.2, 0) is 9.59 Å². The van der Waals surface area contributed by atoms with Gasteiger partial charge in [0.2, 0.25) is 5.91 Å². The Bertz CT molecular complexity index is 826. The van der Waals surface area contributed by atoms with Crippen LogP contribution < -0.4 is 10.1 Å². The number of amides is 2. The van der Waals surface area contributed by atoms with Crippen LogP contribution in [-0.4, -0.2) is 48.0 Å². The lowest BCUT2D eigenvalue weighted by Gasteiger charge is -2.19. The molecule has 27 heavy (non-hydrogen) atoms. The molecular weight excluding hydrogens is 348 g/mol. The van der Waals surface area contributed by atoms with Gasteiger partial charge in [0.15, 0.2) is 6.61 Å². The summed E-state index contributed by atoms with van der Waals surface area (Å²) >= 11 is 0. The third-order valence-electron chi connectivity index (χ3n) is 3.83. The molecule has 0 spiro atoms. The van der Waals surface area contributed by atoms with Gasteiger partial charge in [-0.2, -0.15) is 0 Å². The Morgan fingerprint density at radius 2 is 1.67 bits per heavy atom. The zero-order valence-corrected chi connectivity index (χ0v) is 15.5. The minimum Gasteiger partial charge on any atom is -0.481 e. The number of likely N-dealkylation sites (N-methyl/N-ethyl adjacent to an activating group) is 1. The molecule has 0 aliphatic rings. The largest absolute Gasteiger partial charge is 0.481 e. The zero-order chi connectivity index (χ0) is 20.0. The first kappa shape index (κ1) is 20.0. The second kappa shape index (κ2) is 8.84. The van der Waals surface area contributed by atoms with Crippen LogP contribution in [0.1, 0.15) is 21.5 Å². The van der Waals surface area contributed by atoms with E-state index in [1.165, 1.54) is 4.90 Å². The summed E-state index contributed by atoms with van der Waals surface area (Å²) in [7, 11) is 1.55. The topological polar surface area (TPSA) is 95.9 Å². The van der Waals surface area contributed by atoms with Gasteiger partial charge in [-0.1, -0.05) is 18.2 Å². The summed E-state index contributed by atoms with van der Waals surface area (Å²) in [6.45, 7) is 2.93. The standard InChI is InChI=1S/C20H22N2O5/c1-13-9-15(10-14(2)19(13)27-12-18(24)25)20(26)22(3)11-17(23)21-16-7-5-4-6-8-16/h4-10H,11-12H2,1-3H3,(H,21,23)(H,24,25). The van der Waals surface area contributed by atoms with Crippen LogP contribution in [0.25, 0.3) is 0 Å². The minimum absolute atomic E-state index is 0.0942. The van der Waals surface area contributed by atoms with Crippen LogP contribution in [0, 0.1) is 13.8 Å². The van der Waals surface area contributed by atoms with Crippen LogP contribution in [0.2, 0.25) is 0 Å². The molecule has 0 saturated heterocycles. The highest BCUT2D eigenvalue weighted by atomic mass is 16.5. The number of anilines is 1. The van der Waals surface area contributed by atoms with Gasteiger partial charge in [-0.15, -0.1) is 0 Å². The first-order chi connectivity index (χ1) is 12.8. The number of carbonyl (C=O) groups is 3. The van der Waals surface area contributed by atoms with E-state index in [1.807, 2.05) is 18.2 Å². The number of nitrogens with zero attached hydrogens (tertiary/aromatic N) is 1. The second-order valence-corrected chi connectivity index (χ2v) is 6.20. The number of benzene rings is 2. The van der Waals surface area contributed by atoms with Crippen molar-refractivity contribution in [1.82, 2.24) is 4.90 Å². The average molecular weight is 370 g/mol. The third-order valence-corrected chi connectivity index (χ3v) is 3.83. The number of para-hydroxylation sites is 1. The fraction of sp³-hybridized carbons (Fsp3) is 0.250. The molecule has 0 aromatic heterocycles. The summed E-state index contributed by atoms with van der Waals surface area (Å²) in [4.78, 5) is 36.7. The molecule has 0 heterocycles. The van der Waals surface area contributed by atoms with Gasteiger partial charge in [-0.3, -0.25) is 9.59 Å². The van der Waals surface area contributed by atoms with Crippen LogP contribution in [0.5, 0.6) is 5.75 Å². The monoisotopic (exact) mass is 370 g/mol. The highest BCUT2D eigenvalue weighted by molar-refractivity contribution is 5.99. The van der Waals surface area contributed by atoms with E-state index in [-0.39, 0.29) is 18.4 Å². The molecule has 142 valence electrons. The molecule has 7 heteroatoms. The first-order valence-electron chi connectivity index (χ1n) is 8.34. The molecule has 0 unspecified atom stereocenters. The van der Waals surface area contributed by atoms with Gasteiger partial charge in [0.25, 0.3) is 5.91 Å². The first-order valence-corrected chi connectivity index (χ1v) is 8.34. The Morgan fingerprint density at radius 1 is 1.07 bits per heavy atom. The number of rotatable bonds is 7. The summed E-state index contributed by atoms with van der Waals surface area (Å²) in [6, 6.07) is 12.2. The highest BCUT2D eigenvalue weighted by Crippen LogP contribution is 2.25. The molecule has 0 fully saturated rings. The molecule has 2 rings (SSSR count). The molecule has 0 saturated carbocycles. The lowest BCUT2D eigenvalue weighted by atomic mass is 10.0. The van der Waals surface area contributed by atoms with Gasteiger partial charge in [-0.05, 0) is 49.2 Å². The Morgan fingerprint density at radius 3 is 2.22 bits per heavy atom. The fourth-order valence-electron chi connectivity index (χ4n) is 2.66. The van der Waals surface area contributed by atoms with Gasteiger partial charge in [0.05, 0.1) is 6.54 Å². The van der Waals surface area contributed by atoms with Crippen molar-refractivity contribution >= 4 is 23.5 Å². The average Bonchev–Trinajstić information content (AvgIpc) is 2.60. The third kappa shape index (κ3) is 5.57. The maximum atomic E-state index is 12.6. The number of aliphatic carboxylic acids is 1. The molecule has 0 atom stereocenters. The van der Waals surface area contributed by atoms with Crippen LogP contribution in [0.4, 0.5) is 5.69 Å². The molecule has 2 aromatic carbocycles. The van der Waals surface area contributed by atoms with Crippen molar-refractivity contribution < 1.29 is 24.2 Å². The predicted molar refractivity (Wildman–Crippen MR) is 101 cm³/mol. The molecule has 2 N–H and O–H groups in total. The normalized spacial score (nSPS) is 10.2. The quantitative estimate of drug-likeness (QED) is 0.781. The Balaban J connectivity index is 2.05. The van der Waals surface area contributed by atoms with E-state index in [0.29, 0.717) is 28.1 Å². The van der Waals surface area contributed by atoms with E-state index < -0.39 is 12.6 Å². The number of carboxylic acids is 1. The number of nitrogens with one attached hydrogen (secondary N) is 1. The number of aryl methyl sites for hydroxylation is 2. The van der Waals surface area contributed by atoms with Gasteiger partial charge in [0, 0.05) is 18.3 Å². The minimum atomic E-state index is -1.07. The SMILES string of the molecule is Cc1cc(C(=O)N(C)CC(=O)Nc2ccccc2)cc(C)c1OCC(=O)O. The van der Waals surface area contributed by atoms with E-state index in [9.17, 15) is 14.4 Å². The molecule has 2 aromatic rings. The van der Waals surface area contributed by atoms with Crippen LogP contribution in [0.15, 0.2) is 42.5 Å². The maximum Gasteiger partial charge on any atom is 0.341 e. The van der Waals surface area contributed by atoms with Gasteiger partial charge >= 0.3 is 5.97 Å². The summed E-state index contributed by atoms with van der Waals surface area (Å²) in [5, 5.41) is 11.5. The fourth-order valence-corrected chi connectivity index (χ4v) is 2.66. The summed E-state index contributed by atoms with van der Waals surface area (Å²) in [6.07, 6.45) is 0. The van der Waals surface area contributed by atoms with Crippen molar-refractivity contribution in [1.29, 1.82) is 0 Å². The summed E-state index contributed by atoms with van der Waals surface area (Å²) < 4.78 is 5.27. The maximum absolute atomic E-state index is 12.6. The molecule has 0 aliphatic carbocycles. The van der Waals surface area contributed by atoms with Crippen molar-refractivity contribution in [3.05, 3.63) is 59.2 Å². The van der Waals surface area contributed by atoms with E-state index in [4.69, 9.17) is 9.84 Å². The Labute approximate surface area is 157 Å². The lowest BCUT2D eigenvalue weighted by molar-refractivity contribution is -0.139. The molecule has 7 nitrogen and oxygen atoms in total. The zero-order valence-electron chi connectivity index (χ0n) is 15.5. The summed E-state index contributed by atoms with van der Waals surface area (Å²) in [5.74, 6) is -1.24. The van der Waals surface area contributed by atoms with Crippen molar-refractivity contribution in [3.8, 4) is 5.75 Å². The summed E-state index contributed by atoms with van der Waals surface area (Å²) in [5.41, 5.74) is 2.38. The van der Waals surface area contributed by atoms with Crippen molar-refractivity contribution in [3.63, 3.8) is 0 Å². The molecule has 0 bridgehead atoms. The smallest absolute Gasteiger partial charge is 0.341 e. The Kier molecular flexibility index (Phi) is 6.54.